The van der Waals surface area contributed by atoms with Crippen molar-refractivity contribution in [3.8, 4) is 5.88 Å². The Morgan fingerprint density at radius 3 is 2.81 bits per heavy atom. The van der Waals surface area contributed by atoms with E-state index in [9.17, 15) is 9.59 Å². The van der Waals surface area contributed by atoms with Gasteiger partial charge in [0, 0.05) is 25.0 Å². The number of pyridine rings is 1. The van der Waals surface area contributed by atoms with E-state index in [0.29, 0.717) is 31.1 Å². The van der Waals surface area contributed by atoms with Crippen molar-refractivity contribution >= 4 is 17.5 Å². The highest BCUT2D eigenvalue weighted by atomic mass is 16.5. The molecule has 1 fully saturated rings. The van der Waals surface area contributed by atoms with Gasteiger partial charge in [0.15, 0.2) is 0 Å². The molecule has 26 heavy (non-hydrogen) atoms. The number of rotatable bonds is 5. The second-order valence-electron chi connectivity index (χ2n) is 6.23. The Hall–Kier alpha value is -2.89. The van der Waals surface area contributed by atoms with Crippen LogP contribution in [0, 0.1) is 5.92 Å². The Kier molecular flexibility index (Phi) is 5.84. The predicted molar refractivity (Wildman–Crippen MR) is 99.1 cm³/mol. The van der Waals surface area contributed by atoms with Gasteiger partial charge in [-0.2, -0.15) is 0 Å². The van der Waals surface area contributed by atoms with Crippen molar-refractivity contribution in [1.82, 2.24) is 9.88 Å². The average Bonchev–Trinajstić information content (AvgIpc) is 2.69. The summed E-state index contributed by atoms with van der Waals surface area (Å²) in [6.07, 6.45) is 3.17. The molecule has 136 valence electrons. The van der Waals surface area contributed by atoms with Crippen molar-refractivity contribution in [1.29, 1.82) is 0 Å². The second-order valence-corrected chi connectivity index (χ2v) is 6.23. The first-order valence-electron chi connectivity index (χ1n) is 8.92. The number of piperidine rings is 1. The SMILES string of the molecule is CCOc1ncccc1C(=O)N1CCCC(C(=O)Nc2ccccc2)C1. The maximum atomic E-state index is 12.9. The number of hydrogen-bond donors (Lipinski definition) is 1. The van der Waals surface area contributed by atoms with Crippen LogP contribution in [0.3, 0.4) is 0 Å². The summed E-state index contributed by atoms with van der Waals surface area (Å²) in [5.41, 5.74) is 1.21. The van der Waals surface area contributed by atoms with Crippen LogP contribution in [0.25, 0.3) is 0 Å². The first kappa shape index (κ1) is 17.9. The lowest BCUT2D eigenvalue weighted by molar-refractivity contribution is -0.121. The summed E-state index contributed by atoms with van der Waals surface area (Å²) < 4.78 is 5.46. The van der Waals surface area contributed by atoms with Gasteiger partial charge in [0.2, 0.25) is 11.8 Å². The average molecular weight is 353 g/mol. The molecule has 1 aliphatic heterocycles. The maximum absolute atomic E-state index is 12.9. The number of carbonyl (C=O) groups is 2. The molecule has 0 spiro atoms. The van der Waals surface area contributed by atoms with Crippen LogP contribution in [0.1, 0.15) is 30.1 Å². The minimum atomic E-state index is -0.222. The van der Waals surface area contributed by atoms with Crippen LogP contribution >= 0.6 is 0 Å². The number of amides is 2. The molecule has 1 atom stereocenters. The van der Waals surface area contributed by atoms with Crippen LogP contribution < -0.4 is 10.1 Å². The fraction of sp³-hybridized carbons (Fsp3) is 0.350. The van der Waals surface area contributed by atoms with E-state index in [4.69, 9.17) is 4.74 Å². The number of nitrogens with one attached hydrogen (secondary N) is 1. The van der Waals surface area contributed by atoms with Crippen LogP contribution in [0.4, 0.5) is 5.69 Å². The zero-order chi connectivity index (χ0) is 18.4. The number of para-hydroxylation sites is 1. The van der Waals surface area contributed by atoms with Crippen LogP contribution in [-0.4, -0.2) is 41.4 Å². The minimum Gasteiger partial charge on any atom is -0.477 e. The third-order valence-corrected chi connectivity index (χ3v) is 4.40. The number of carbonyl (C=O) groups excluding carboxylic acids is 2. The van der Waals surface area contributed by atoms with Crippen molar-refractivity contribution in [3.63, 3.8) is 0 Å². The highest BCUT2D eigenvalue weighted by Gasteiger charge is 2.30. The monoisotopic (exact) mass is 353 g/mol. The van der Waals surface area contributed by atoms with Crippen molar-refractivity contribution in [3.05, 3.63) is 54.2 Å². The number of anilines is 1. The van der Waals surface area contributed by atoms with Gasteiger partial charge in [0.25, 0.3) is 5.91 Å². The van der Waals surface area contributed by atoms with Gasteiger partial charge in [-0.3, -0.25) is 9.59 Å². The molecule has 6 heteroatoms. The van der Waals surface area contributed by atoms with Crippen LogP contribution in [-0.2, 0) is 4.79 Å². The third kappa shape index (κ3) is 4.20. The van der Waals surface area contributed by atoms with E-state index in [2.05, 4.69) is 10.3 Å². The van der Waals surface area contributed by atoms with E-state index in [1.165, 1.54) is 0 Å². The number of likely N-dealkylation sites (tertiary alicyclic amines) is 1. The number of nitrogens with zero attached hydrogens (tertiary/aromatic N) is 2. The molecule has 0 radical (unpaired) electrons. The highest BCUT2D eigenvalue weighted by molar-refractivity contribution is 5.97. The van der Waals surface area contributed by atoms with Gasteiger partial charge < -0.3 is 15.0 Å². The number of hydrogen-bond acceptors (Lipinski definition) is 4. The minimum absolute atomic E-state index is 0.0510. The summed E-state index contributed by atoms with van der Waals surface area (Å²) in [5.74, 6) is -0.0698. The molecule has 1 saturated heterocycles. The molecular formula is C20H23N3O3. The molecule has 3 rings (SSSR count). The van der Waals surface area contributed by atoms with Crippen LogP contribution in [0.5, 0.6) is 5.88 Å². The van der Waals surface area contributed by atoms with E-state index in [-0.39, 0.29) is 17.7 Å². The molecule has 1 aliphatic rings. The lowest BCUT2D eigenvalue weighted by atomic mass is 9.96. The van der Waals surface area contributed by atoms with Gasteiger partial charge in [-0.15, -0.1) is 0 Å². The smallest absolute Gasteiger partial charge is 0.259 e. The molecule has 0 aliphatic carbocycles. The quantitative estimate of drug-likeness (QED) is 0.897. The number of benzene rings is 1. The van der Waals surface area contributed by atoms with Gasteiger partial charge >= 0.3 is 0 Å². The van der Waals surface area contributed by atoms with Crippen molar-refractivity contribution in [2.75, 3.05) is 25.0 Å². The van der Waals surface area contributed by atoms with Gasteiger partial charge in [0.1, 0.15) is 5.56 Å². The third-order valence-electron chi connectivity index (χ3n) is 4.40. The molecule has 0 bridgehead atoms. The Labute approximate surface area is 153 Å². The van der Waals surface area contributed by atoms with Gasteiger partial charge in [0.05, 0.1) is 12.5 Å². The molecule has 0 saturated carbocycles. The van der Waals surface area contributed by atoms with E-state index in [1.807, 2.05) is 37.3 Å². The molecule has 6 nitrogen and oxygen atoms in total. The number of aromatic nitrogens is 1. The lowest BCUT2D eigenvalue weighted by Gasteiger charge is -2.32. The van der Waals surface area contributed by atoms with Gasteiger partial charge in [-0.1, -0.05) is 18.2 Å². The standard InChI is InChI=1S/C20H23N3O3/c1-2-26-19-17(11-6-12-21-19)20(25)23-13-7-8-15(14-23)18(24)22-16-9-4-3-5-10-16/h3-6,9-12,15H,2,7-8,13-14H2,1H3,(H,22,24). The molecule has 1 aromatic carbocycles. The molecule has 1 N–H and O–H groups in total. The molecule has 1 aromatic heterocycles. The lowest BCUT2D eigenvalue weighted by Crippen LogP contribution is -2.43. The first-order chi connectivity index (χ1) is 12.7. The summed E-state index contributed by atoms with van der Waals surface area (Å²) in [7, 11) is 0. The van der Waals surface area contributed by atoms with Gasteiger partial charge in [-0.05, 0) is 44.0 Å². The molecular weight excluding hydrogens is 330 g/mol. The van der Waals surface area contributed by atoms with E-state index < -0.39 is 0 Å². The largest absolute Gasteiger partial charge is 0.477 e. The second kappa shape index (κ2) is 8.47. The summed E-state index contributed by atoms with van der Waals surface area (Å²) in [6, 6.07) is 12.8. The number of ether oxygens (including phenoxy) is 1. The molecule has 2 aromatic rings. The summed E-state index contributed by atoms with van der Waals surface area (Å²) in [4.78, 5) is 31.3. The fourth-order valence-electron chi connectivity index (χ4n) is 3.12. The zero-order valence-corrected chi connectivity index (χ0v) is 14.9. The van der Waals surface area contributed by atoms with E-state index in [0.717, 1.165) is 18.5 Å². The van der Waals surface area contributed by atoms with E-state index in [1.54, 1.807) is 23.2 Å². The Morgan fingerprint density at radius 2 is 2.04 bits per heavy atom. The van der Waals surface area contributed by atoms with E-state index >= 15 is 0 Å². The van der Waals surface area contributed by atoms with Crippen molar-refractivity contribution in [2.24, 2.45) is 5.92 Å². The van der Waals surface area contributed by atoms with Gasteiger partial charge in [-0.25, -0.2) is 4.98 Å². The first-order valence-corrected chi connectivity index (χ1v) is 8.92. The maximum Gasteiger partial charge on any atom is 0.259 e. The molecule has 2 heterocycles. The van der Waals surface area contributed by atoms with Crippen LogP contribution in [0.15, 0.2) is 48.7 Å². The zero-order valence-electron chi connectivity index (χ0n) is 14.9. The summed E-state index contributed by atoms with van der Waals surface area (Å²) in [5, 5.41) is 2.93. The Balaban J connectivity index is 1.68. The molecule has 1 unspecified atom stereocenters. The van der Waals surface area contributed by atoms with Crippen LogP contribution in [0.2, 0.25) is 0 Å². The predicted octanol–water partition coefficient (Wildman–Crippen LogP) is 2.97. The molecule has 2 amide bonds. The fourth-order valence-corrected chi connectivity index (χ4v) is 3.12. The Morgan fingerprint density at radius 1 is 1.23 bits per heavy atom. The summed E-state index contributed by atoms with van der Waals surface area (Å²) in [6.45, 7) is 3.33. The van der Waals surface area contributed by atoms with Crippen molar-refractivity contribution in [2.45, 2.75) is 19.8 Å². The summed E-state index contributed by atoms with van der Waals surface area (Å²) >= 11 is 0. The topological polar surface area (TPSA) is 71.5 Å². The Bertz CT molecular complexity index is 764. The highest BCUT2D eigenvalue weighted by Crippen LogP contribution is 2.23. The normalized spacial score (nSPS) is 16.8. The van der Waals surface area contributed by atoms with Crippen molar-refractivity contribution < 1.29 is 14.3 Å².